The number of hydrogen-bond donors (Lipinski definition) is 1. The quantitative estimate of drug-likeness (QED) is 0.758. The van der Waals surface area contributed by atoms with E-state index in [1.54, 1.807) is 13.2 Å². The molecule has 0 radical (unpaired) electrons. The summed E-state index contributed by atoms with van der Waals surface area (Å²) < 4.78 is 10.7. The van der Waals surface area contributed by atoms with Crippen LogP contribution >= 0.6 is 0 Å². The molecule has 0 aliphatic carbocycles. The zero-order valence-corrected chi connectivity index (χ0v) is 9.62. The van der Waals surface area contributed by atoms with Gasteiger partial charge in [-0.1, -0.05) is 20.3 Å². The molecule has 3 nitrogen and oxygen atoms in total. The first-order valence-corrected chi connectivity index (χ1v) is 5.23. The zero-order valence-electron chi connectivity index (χ0n) is 9.62. The fourth-order valence-electron chi connectivity index (χ4n) is 1.12. The molecule has 0 fully saturated rings. The van der Waals surface area contributed by atoms with Gasteiger partial charge in [0.2, 0.25) is 0 Å². The normalized spacial score (nSPS) is 12.2. The number of nitrogen functional groups attached to an aromatic ring is 1. The van der Waals surface area contributed by atoms with E-state index in [0.717, 1.165) is 12.2 Å². The monoisotopic (exact) mass is 209 g/mol. The van der Waals surface area contributed by atoms with Crippen LogP contribution < -0.4 is 15.2 Å². The van der Waals surface area contributed by atoms with Crippen molar-refractivity contribution in [3.8, 4) is 11.5 Å². The smallest absolute Gasteiger partial charge is 0.145 e. The first-order chi connectivity index (χ1) is 7.17. The van der Waals surface area contributed by atoms with Crippen LogP contribution in [0.3, 0.4) is 0 Å². The molecule has 0 aliphatic rings. The summed E-state index contributed by atoms with van der Waals surface area (Å²) in [4.78, 5) is 0. The Hall–Kier alpha value is -1.38. The maximum atomic E-state index is 5.79. The standard InChI is InChI=1S/C12H19NO2/c1-4-9(2)8-15-12-7-10(14-3)5-6-11(12)13/h5-7,9H,4,8,13H2,1-3H3. The summed E-state index contributed by atoms with van der Waals surface area (Å²) in [6.45, 7) is 4.98. The molecule has 0 heterocycles. The molecule has 0 saturated carbocycles. The van der Waals surface area contributed by atoms with Crippen molar-refractivity contribution in [3.63, 3.8) is 0 Å². The second-order valence-electron chi connectivity index (χ2n) is 3.73. The Balaban J connectivity index is 2.66. The van der Waals surface area contributed by atoms with Gasteiger partial charge in [0, 0.05) is 6.07 Å². The summed E-state index contributed by atoms with van der Waals surface area (Å²) in [5, 5.41) is 0. The lowest BCUT2D eigenvalue weighted by Crippen LogP contribution is -2.08. The Morgan fingerprint density at radius 1 is 1.40 bits per heavy atom. The van der Waals surface area contributed by atoms with Crippen molar-refractivity contribution in [3.05, 3.63) is 18.2 Å². The molecule has 1 atom stereocenters. The molecular weight excluding hydrogens is 190 g/mol. The molecular formula is C12H19NO2. The zero-order chi connectivity index (χ0) is 11.3. The Bertz CT molecular complexity index is 312. The predicted octanol–water partition coefficient (Wildman–Crippen LogP) is 2.70. The van der Waals surface area contributed by atoms with Crippen LogP contribution in [0.15, 0.2) is 18.2 Å². The summed E-state index contributed by atoms with van der Waals surface area (Å²) >= 11 is 0. The van der Waals surface area contributed by atoms with Gasteiger partial charge in [-0.15, -0.1) is 0 Å². The topological polar surface area (TPSA) is 44.5 Å². The van der Waals surface area contributed by atoms with Gasteiger partial charge in [0.1, 0.15) is 11.5 Å². The third-order valence-corrected chi connectivity index (χ3v) is 2.44. The van der Waals surface area contributed by atoms with E-state index in [0.29, 0.717) is 24.0 Å². The first-order valence-electron chi connectivity index (χ1n) is 5.23. The van der Waals surface area contributed by atoms with E-state index in [-0.39, 0.29) is 0 Å². The number of rotatable bonds is 5. The third kappa shape index (κ3) is 3.35. The van der Waals surface area contributed by atoms with Crippen LogP contribution in [-0.4, -0.2) is 13.7 Å². The number of hydrogen-bond acceptors (Lipinski definition) is 3. The molecule has 0 bridgehead atoms. The van der Waals surface area contributed by atoms with E-state index in [4.69, 9.17) is 15.2 Å². The number of methoxy groups -OCH3 is 1. The highest BCUT2D eigenvalue weighted by molar-refractivity contribution is 5.55. The van der Waals surface area contributed by atoms with Crippen LogP contribution in [0.1, 0.15) is 20.3 Å². The maximum absolute atomic E-state index is 5.79. The fraction of sp³-hybridized carbons (Fsp3) is 0.500. The molecule has 0 aromatic heterocycles. The van der Waals surface area contributed by atoms with Crippen LogP contribution in [0.5, 0.6) is 11.5 Å². The molecule has 1 unspecified atom stereocenters. The predicted molar refractivity (Wildman–Crippen MR) is 62.4 cm³/mol. The highest BCUT2D eigenvalue weighted by Gasteiger charge is 2.05. The summed E-state index contributed by atoms with van der Waals surface area (Å²) in [7, 11) is 1.63. The van der Waals surface area contributed by atoms with Crippen molar-refractivity contribution in [2.24, 2.45) is 5.92 Å². The maximum Gasteiger partial charge on any atom is 0.145 e. The van der Waals surface area contributed by atoms with Crippen LogP contribution in [0, 0.1) is 5.92 Å². The minimum atomic E-state index is 0.538. The van der Waals surface area contributed by atoms with Crippen LogP contribution in [0.2, 0.25) is 0 Å². The highest BCUT2D eigenvalue weighted by atomic mass is 16.5. The first kappa shape index (κ1) is 11.7. The lowest BCUT2D eigenvalue weighted by Gasteiger charge is -2.13. The van der Waals surface area contributed by atoms with Gasteiger partial charge in [-0.05, 0) is 18.1 Å². The summed E-state index contributed by atoms with van der Waals surface area (Å²) in [5.41, 5.74) is 6.44. The Kier molecular flexibility index (Phi) is 4.28. The van der Waals surface area contributed by atoms with Crippen molar-refractivity contribution < 1.29 is 9.47 Å². The molecule has 0 spiro atoms. The van der Waals surface area contributed by atoms with Crippen LogP contribution in [0.25, 0.3) is 0 Å². The molecule has 1 aromatic rings. The fourth-order valence-corrected chi connectivity index (χ4v) is 1.12. The van der Waals surface area contributed by atoms with Gasteiger partial charge in [0.05, 0.1) is 19.4 Å². The number of benzene rings is 1. The number of nitrogens with two attached hydrogens (primary N) is 1. The van der Waals surface area contributed by atoms with Gasteiger partial charge in [0.25, 0.3) is 0 Å². The minimum absolute atomic E-state index is 0.538. The lowest BCUT2D eigenvalue weighted by molar-refractivity contribution is 0.256. The Morgan fingerprint density at radius 3 is 2.73 bits per heavy atom. The van der Waals surface area contributed by atoms with Crippen molar-refractivity contribution in [2.45, 2.75) is 20.3 Å². The van der Waals surface area contributed by atoms with Gasteiger partial charge in [0.15, 0.2) is 0 Å². The van der Waals surface area contributed by atoms with Crippen molar-refractivity contribution >= 4 is 5.69 Å². The van der Waals surface area contributed by atoms with E-state index in [1.165, 1.54) is 0 Å². The molecule has 0 aliphatic heterocycles. The third-order valence-electron chi connectivity index (χ3n) is 2.44. The van der Waals surface area contributed by atoms with Gasteiger partial charge in [-0.2, -0.15) is 0 Å². The van der Waals surface area contributed by atoms with Crippen LogP contribution in [0.4, 0.5) is 5.69 Å². The molecule has 2 N–H and O–H groups in total. The molecule has 84 valence electrons. The second kappa shape index (κ2) is 5.49. The summed E-state index contributed by atoms with van der Waals surface area (Å²) in [6.07, 6.45) is 1.10. The van der Waals surface area contributed by atoms with Crippen molar-refractivity contribution in [1.29, 1.82) is 0 Å². The van der Waals surface area contributed by atoms with Gasteiger partial charge >= 0.3 is 0 Å². The van der Waals surface area contributed by atoms with Gasteiger partial charge in [-0.25, -0.2) is 0 Å². The molecule has 1 rings (SSSR count). The molecule has 15 heavy (non-hydrogen) atoms. The van der Waals surface area contributed by atoms with E-state index in [2.05, 4.69) is 13.8 Å². The van der Waals surface area contributed by atoms with E-state index in [1.807, 2.05) is 12.1 Å². The molecule has 1 aromatic carbocycles. The van der Waals surface area contributed by atoms with Gasteiger partial charge in [-0.3, -0.25) is 0 Å². The summed E-state index contributed by atoms with van der Waals surface area (Å²) in [5.74, 6) is 2.01. The Labute approximate surface area is 91.2 Å². The van der Waals surface area contributed by atoms with E-state index >= 15 is 0 Å². The van der Waals surface area contributed by atoms with Crippen molar-refractivity contribution in [2.75, 3.05) is 19.5 Å². The van der Waals surface area contributed by atoms with Gasteiger partial charge < -0.3 is 15.2 Å². The number of ether oxygens (including phenoxy) is 2. The average Bonchev–Trinajstić information content (AvgIpc) is 2.27. The average molecular weight is 209 g/mol. The summed E-state index contributed by atoms with van der Waals surface area (Å²) in [6, 6.07) is 5.44. The van der Waals surface area contributed by atoms with E-state index < -0.39 is 0 Å². The Morgan fingerprint density at radius 2 is 2.13 bits per heavy atom. The largest absolute Gasteiger partial charge is 0.497 e. The SMILES string of the molecule is CCC(C)COc1cc(OC)ccc1N. The van der Waals surface area contributed by atoms with Crippen molar-refractivity contribution in [1.82, 2.24) is 0 Å². The lowest BCUT2D eigenvalue weighted by atomic mass is 10.1. The molecule has 0 saturated heterocycles. The second-order valence-corrected chi connectivity index (χ2v) is 3.73. The molecule has 0 amide bonds. The minimum Gasteiger partial charge on any atom is -0.497 e. The van der Waals surface area contributed by atoms with E-state index in [9.17, 15) is 0 Å². The highest BCUT2D eigenvalue weighted by Crippen LogP contribution is 2.27. The molecule has 3 heteroatoms. The number of anilines is 1. The van der Waals surface area contributed by atoms with Crippen LogP contribution in [-0.2, 0) is 0 Å².